The second kappa shape index (κ2) is 4.28. The van der Waals surface area contributed by atoms with Gasteiger partial charge in [0.1, 0.15) is 0 Å². The molecule has 0 aromatic heterocycles. The van der Waals surface area contributed by atoms with E-state index < -0.39 is 5.91 Å². The van der Waals surface area contributed by atoms with E-state index in [-0.39, 0.29) is 0 Å². The summed E-state index contributed by atoms with van der Waals surface area (Å²) in [6.45, 7) is 0. The average Bonchev–Trinajstić information content (AvgIpc) is 2.72. The minimum Gasteiger partial charge on any atom is -0.288 e. The topological polar surface area (TPSA) is 49.3 Å². The van der Waals surface area contributed by atoms with Gasteiger partial charge >= 0.3 is 0 Å². The van der Waals surface area contributed by atoms with Gasteiger partial charge in [0, 0.05) is 6.08 Å². The number of carbonyl (C=O) groups is 1. The molecule has 0 radical (unpaired) electrons. The van der Waals surface area contributed by atoms with E-state index in [4.69, 9.17) is 5.21 Å². The first-order valence-electron chi connectivity index (χ1n) is 5.03. The van der Waals surface area contributed by atoms with Crippen LogP contribution >= 0.6 is 0 Å². The van der Waals surface area contributed by atoms with Gasteiger partial charge in [0.05, 0.1) is 0 Å². The summed E-state index contributed by atoms with van der Waals surface area (Å²) >= 11 is 0. The third kappa shape index (κ3) is 2.25. The van der Waals surface area contributed by atoms with E-state index in [1.807, 2.05) is 6.07 Å². The summed E-state index contributed by atoms with van der Waals surface area (Å²) in [5, 5.41) is 8.32. The Bertz CT molecular complexity index is 410. The van der Waals surface area contributed by atoms with Gasteiger partial charge in [-0.15, -0.1) is 0 Å². The van der Waals surface area contributed by atoms with E-state index in [0.717, 1.165) is 18.4 Å². The second-order valence-electron chi connectivity index (χ2n) is 3.69. The number of hydrogen-bond acceptors (Lipinski definition) is 2. The molecule has 1 aromatic carbocycles. The number of fused-ring (bicyclic) bond motifs is 1. The largest absolute Gasteiger partial charge is 0.288 e. The average molecular weight is 203 g/mol. The Balaban J connectivity index is 2.16. The first kappa shape index (κ1) is 9.93. The van der Waals surface area contributed by atoms with Gasteiger partial charge in [-0.3, -0.25) is 10.0 Å². The van der Waals surface area contributed by atoms with Crippen LogP contribution in [0.5, 0.6) is 0 Å². The molecule has 1 aliphatic carbocycles. The fourth-order valence-electron chi connectivity index (χ4n) is 1.90. The van der Waals surface area contributed by atoms with Gasteiger partial charge in [-0.05, 0) is 42.0 Å². The van der Waals surface area contributed by atoms with Crippen LogP contribution in [-0.4, -0.2) is 11.1 Å². The Morgan fingerprint density at radius 1 is 1.33 bits per heavy atom. The van der Waals surface area contributed by atoms with Crippen molar-refractivity contribution in [2.24, 2.45) is 0 Å². The van der Waals surface area contributed by atoms with Crippen LogP contribution in [0.2, 0.25) is 0 Å². The van der Waals surface area contributed by atoms with Crippen LogP contribution in [-0.2, 0) is 17.6 Å². The highest BCUT2D eigenvalue weighted by atomic mass is 16.5. The monoisotopic (exact) mass is 203 g/mol. The number of amides is 1. The maximum atomic E-state index is 10.8. The van der Waals surface area contributed by atoms with Crippen LogP contribution < -0.4 is 5.48 Å². The lowest BCUT2D eigenvalue weighted by molar-refractivity contribution is -0.124. The highest BCUT2D eigenvalue weighted by molar-refractivity contribution is 5.90. The van der Waals surface area contributed by atoms with Gasteiger partial charge in [0.15, 0.2) is 0 Å². The molecule has 0 saturated carbocycles. The molecule has 1 aromatic rings. The molecular formula is C12H13NO2. The van der Waals surface area contributed by atoms with Crippen molar-refractivity contribution < 1.29 is 10.0 Å². The van der Waals surface area contributed by atoms with Crippen molar-refractivity contribution in [2.75, 3.05) is 0 Å². The summed E-state index contributed by atoms with van der Waals surface area (Å²) in [5.74, 6) is -0.504. The lowest BCUT2D eigenvalue weighted by Gasteiger charge is -2.00. The third-order valence-corrected chi connectivity index (χ3v) is 2.66. The fourth-order valence-corrected chi connectivity index (χ4v) is 1.90. The minimum atomic E-state index is -0.504. The van der Waals surface area contributed by atoms with Crippen LogP contribution in [0.15, 0.2) is 24.3 Å². The lowest BCUT2D eigenvalue weighted by Crippen LogP contribution is -2.14. The number of nitrogens with one attached hydrogen (secondary N) is 1. The molecule has 78 valence electrons. The fraction of sp³-hybridized carbons (Fsp3) is 0.250. The molecule has 0 saturated heterocycles. The summed E-state index contributed by atoms with van der Waals surface area (Å²) in [6, 6.07) is 6.20. The van der Waals surface area contributed by atoms with Gasteiger partial charge in [-0.25, -0.2) is 5.48 Å². The van der Waals surface area contributed by atoms with E-state index in [2.05, 4.69) is 12.1 Å². The molecule has 0 unspecified atom stereocenters. The summed E-state index contributed by atoms with van der Waals surface area (Å²) < 4.78 is 0. The Kier molecular flexibility index (Phi) is 2.83. The van der Waals surface area contributed by atoms with Crippen LogP contribution in [0, 0.1) is 0 Å². The minimum absolute atomic E-state index is 0.504. The van der Waals surface area contributed by atoms with Crippen LogP contribution in [0.4, 0.5) is 0 Å². The smallest absolute Gasteiger partial charge is 0.267 e. The maximum absolute atomic E-state index is 10.8. The molecule has 2 N–H and O–H groups in total. The van der Waals surface area contributed by atoms with E-state index in [1.165, 1.54) is 23.6 Å². The quantitative estimate of drug-likeness (QED) is 0.436. The van der Waals surface area contributed by atoms with Crippen molar-refractivity contribution in [3.05, 3.63) is 41.0 Å². The second-order valence-corrected chi connectivity index (χ2v) is 3.69. The number of hydroxylamine groups is 1. The molecule has 0 atom stereocenters. The molecule has 1 amide bonds. The lowest BCUT2D eigenvalue weighted by atomic mass is 10.1. The summed E-state index contributed by atoms with van der Waals surface area (Å²) in [7, 11) is 0. The predicted octanol–water partition coefficient (Wildman–Crippen LogP) is 1.69. The van der Waals surface area contributed by atoms with Gasteiger partial charge < -0.3 is 0 Å². The maximum Gasteiger partial charge on any atom is 0.267 e. The van der Waals surface area contributed by atoms with Gasteiger partial charge in [0.25, 0.3) is 5.91 Å². The molecule has 0 aliphatic heterocycles. The molecule has 3 nitrogen and oxygen atoms in total. The molecule has 3 heteroatoms. The molecule has 0 fully saturated rings. The summed E-state index contributed by atoms with van der Waals surface area (Å²) in [4.78, 5) is 10.8. The molecule has 0 heterocycles. The van der Waals surface area contributed by atoms with Crippen molar-refractivity contribution in [1.29, 1.82) is 0 Å². The molecule has 2 rings (SSSR count). The van der Waals surface area contributed by atoms with Crippen LogP contribution in [0.3, 0.4) is 0 Å². The highest BCUT2D eigenvalue weighted by Crippen LogP contribution is 2.23. The Morgan fingerprint density at radius 2 is 2.13 bits per heavy atom. The molecule has 0 spiro atoms. The van der Waals surface area contributed by atoms with Gasteiger partial charge in [-0.1, -0.05) is 18.2 Å². The first-order chi connectivity index (χ1) is 7.29. The third-order valence-electron chi connectivity index (χ3n) is 2.66. The summed E-state index contributed by atoms with van der Waals surface area (Å²) in [5.41, 5.74) is 5.35. The highest BCUT2D eigenvalue weighted by Gasteiger charge is 2.09. The van der Waals surface area contributed by atoms with Gasteiger partial charge in [-0.2, -0.15) is 0 Å². The Labute approximate surface area is 88.4 Å². The zero-order valence-corrected chi connectivity index (χ0v) is 8.36. The van der Waals surface area contributed by atoms with E-state index in [0.29, 0.717) is 0 Å². The van der Waals surface area contributed by atoms with Gasteiger partial charge in [0.2, 0.25) is 0 Å². The SMILES string of the molecule is O=C(/C=C/c1ccc2c(c1)CCC2)NO. The molecule has 0 bridgehead atoms. The summed E-state index contributed by atoms with van der Waals surface area (Å²) in [6.07, 6.45) is 6.53. The standard InChI is InChI=1S/C12H13NO2/c14-12(13-15)7-5-9-4-6-10-2-1-3-11(10)8-9/h4-8,15H,1-3H2,(H,13,14)/b7-5+. The number of hydrogen-bond donors (Lipinski definition) is 2. The van der Waals surface area contributed by atoms with E-state index in [1.54, 1.807) is 11.6 Å². The van der Waals surface area contributed by atoms with Crippen molar-refractivity contribution in [2.45, 2.75) is 19.3 Å². The number of benzene rings is 1. The van der Waals surface area contributed by atoms with Crippen molar-refractivity contribution in [3.8, 4) is 0 Å². The first-order valence-corrected chi connectivity index (χ1v) is 5.03. The Morgan fingerprint density at radius 3 is 2.93 bits per heavy atom. The number of carbonyl (C=O) groups excluding carboxylic acids is 1. The predicted molar refractivity (Wildman–Crippen MR) is 57.4 cm³/mol. The van der Waals surface area contributed by atoms with E-state index >= 15 is 0 Å². The molecular weight excluding hydrogens is 190 g/mol. The zero-order valence-electron chi connectivity index (χ0n) is 8.36. The van der Waals surface area contributed by atoms with Crippen LogP contribution in [0.1, 0.15) is 23.1 Å². The molecule has 1 aliphatic rings. The zero-order chi connectivity index (χ0) is 10.7. The molecule has 15 heavy (non-hydrogen) atoms. The van der Waals surface area contributed by atoms with Crippen molar-refractivity contribution >= 4 is 12.0 Å². The number of aryl methyl sites for hydroxylation is 2. The Hall–Kier alpha value is -1.61. The number of rotatable bonds is 2. The van der Waals surface area contributed by atoms with Crippen molar-refractivity contribution in [1.82, 2.24) is 5.48 Å². The van der Waals surface area contributed by atoms with E-state index in [9.17, 15) is 4.79 Å². The van der Waals surface area contributed by atoms with Crippen molar-refractivity contribution in [3.63, 3.8) is 0 Å². The van der Waals surface area contributed by atoms with Crippen LogP contribution in [0.25, 0.3) is 6.08 Å². The normalized spacial score (nSPS) is 14.2.